The van der Waals surface area contributed by atoms with Crippen LogP contribution in [-0.4, -0.2) is 32.1 Å². The van der Waals surface area contributed by atoms with Gasteiger partial charge in [0.15, 0.2) is 0 Å². The van der Waals surface area contributed by atoms with Crippen molar-refractivity contribution >= 4 is 0 Å². The third-order valence-corrected chi connectivity index (χ3v) is 2.95. The molecule has 1 unspecified atom stereocenters. The monoisotopic (exact) mass is 236 g/mol. The Kier molecular flexibility index (Phi) is 6.01. The molecule has 1 aromatic rings. The van der Waals surface area contributed by atoms with Crippen LogP contribution < -0.4 is 10.5 Å². The first-order chi connectivity index (χ1) is 8.17. The van der Waals surface area contributed by atoms with Crippen molar-refractivity contribution < 1.29 is 4.74 Å². The number of ether oxygens (including phenoxy) is 1. The summed E-state index contributed by atoms with van der Waals surface area (Å²) in [5.41, 5.74) is 7.34. The molecule has 0 fully saturated rings. The summed E-state index contributed by atoms with van der Waals surface area (Å²) in [6.45, 7) is 4.21. The summed E-state index contributed by atoms with van der Waals surface area (Å²) in [6, 6.07) is 8.07. The SMILES string of the molecule is CCCCN(C)CC(N)c1ccc(OC)cc1. The molecule has 0 amide bonds. The van der Waals surface area contributed by atoms with Crippen molar-refractivity contribution in [2.45, 2.75) is 25.8 Å². The van der Waals surface area contributed by atoms with Gasteiger partial charge in [0.2, 0.25) is 0 Å². The average Bonchev–Trinajstić information content (AvgIpc) is 2.36. The van der Waals surface area contributed by atoms with Crippen molar-refractivity contribution in [3.63, 3.8) is 0 Å². The molecule has 0 aliphatic carbocycles. The summed E-state index contributed by atoms with van der Waals surface area (Å²) in [7, 11) is 3.80. The Labute approximate surface area is 105 Å². The fourth-order valence-electron chi connectivity index (χ4n) is 1.81. The van der Waals surface area contributed by atoms with Crippen molar-refractivity contribution in [3.8, 4) is 5.75 Å². The number of rotatable bonds is 7. The van der Waals surface area contributed by atoms with Crippen LogP contribution in [0.1, 0.15) is 31.4 Å². The quantitative estimate of drug-likeness (QED) is 0.790. The topological polar surface area (TPSA) is 38.5 Å². The smallest absolute Gasteiger partial charge is 0.118 e. The Balaban J connectivity index is 2.47. The molecular formula is C14H24N2O. The molecule has 0 aromatic heterocycles. The van der Waals surface area contributed by atoms with E-state index < -0.39 is 0 Å². The molecule has 1 rings (SSSR count). The van der Waals surface area contributed by atoms with E-state index in [4.69, 9.17) is 10.5 Å². The second-order valence-corrected chi connectivity index (χ2v) is 4.50. The van der Waals surface area contributed by atoms with E-state index in [2.05, 4.69) is 18.9 Å². The fraction of sp³-hybridized carbons (Fsp3) is 0.571. The van der Waals surface area contributed by atoms with Gasteiger partial charge in [0.05, 0.1) is 7.11 Å². The van der Waals surface area contributed by atoms with Crippen molar-refractivity contribution in [2.75, 3.05) is 27.2 Å². The summed E-state index contributed by atoms with van der Waals surface area (Å²) in [4.78, 5) is 2.29. The largest absolute Gasteiger partial charge is 0.497 e. The number of hydrogen-bond donors (Lipinski definition) is 1. The minimum absolute atomic E-state index is 0.0720. The van der Waals surface area contributed by atoms with Crippen molar-refractivity contribution in [1.29, 1.82) is 0 Å². The highest BCUT2D eigenvalue weighted by Gasteiger charge is 2.08. The predicted molar refractivity (Wildman–Crippen MR) is 72.3 cm³/mol. The van der Waals surface area contributed by atoms with Gasteiger partial charge in [0.25, 0.3) is 0 Å². The van der Waals surface area contributed by atoms with Gasteiger partial charge >= 0.3 is 0 Å². The zero-order valence-electron chi connectivity index (χ0n) is 11.1. The van der Waals surface area contributed by atoms with Gasteiger partial charge in [-0.05, 0) is 37.7 Å². The van der Waals surface area contributed by atoms with Crippen LogP contribution in [0.4, 0.5) is 0 Å². The molecular weight excluding hydrogens is 212 g/mol. The van der Waals surface area contributed by atoms with E-state index in [9.17, 15) is 0 Å². The maximum atomic E-state index is 6.18. The zero-order chi connectivity index (χ0) is 12.7. The Bertz CT molecular complexity index is 311. The average molecular weight is 236 g/mol. The Morgan fingerprint density at radius 3 is 2.47 bits per heavy atom. The second kappa shape index (κ2) is 7.30. The van der Waals surface area contributed by atoms with Gasteiger partial charge in [-0.25, -0.2) is 0 Å². The van der Waals surface area contributed by atoms with Gasteiger partial charge in [0, 0.05) is 12.6 Å². The molecule has 0 heterocycles. The van der Waals surface area contributed by atoms with E-state index in [0.717, 1.165) is 24.4 Å². The number of benzene rings is 1. The number of methoxy groups -OCH3 is 1. The molecule has 3 heteroatoms. The van der Waals surface area contributed by atoms with Crippen LogP contribution in [0, 0.1) is 0 Å². The van der Waals surface area contributed by atoms with Gasteiger partial charge in [-0.2, -0.15) is 0 Å². The van der Waals surface area contributed by atoms with Gasteiger partial charge in [-0.1, -0.05) is 25.5 Å². The molecule has 1 atom stereocenters. The normalized spacial score (nSPS) is 12.8. The molecule has 1 aromatic carbocycles. The molecule has 0 aliphatic heterocycles. The maximum Gasteiger partial charge on any atom is 0.118 e. The first-order valence-electron chi connectivity index (χ1n) is 6.25. The summed E-state index contributed by atoms with van der Waals surface area (Å²) >= 11 is 0. The van der Waals surface area contributed by atoms with Gasteiger partial charge in [-0.15, -0.1) is 0 Å². The highest BCUT2D eigenvalue weighted by Crippen LogP contribution is 2.16. The number of likely N-dealkylation sites (N-methyl/N-ethyl adjacent to an activating group) is 1. The van der Waals surface area contributed by atoms with Crippen LogP contribution in [0.5, 0.6) is 5.75 Å². The van der Waals surface area contributed by atoms with E-state index in [0.29, 0.717) is 0 Å². The summed E-state index contributed by atoms with van der Waals surface area (Å²) in [5, 5.41) is 0. The number of nitrogens with zero attached hydrogens (tertiary/aromatic N) is 1. The van der Waals surface area contributed by atoms with Gasteiger partial charge in [-0.3, -0.25) is 0 Å². The molecule has 0 spiro atoms. The van der Waals surface area contributed by atoms with E-state index in [1.165, 1.54) is 12.8 Å². The first kappa shape index (κ1) is 14.0. The lowest BCUT2D eigenvalue weighted by Crippen LogP contribution is -2.29. The number of unbranched alkanes of at least 4 members (excludes halogenated alkanes) is 1. The summed E-state index contributed by atoms with van der Waals surface area (Å²) < 4.78 is 5.13. The van der Waals surface area contributed by atoms with Crippen LogP contribution in [0.2, 0.25) is 0 Å². The molecule has 0 aliphatic rings. The fourth-order valence-corrected chi connectivity index (χ4v) is 1.81. The Morgan fingerprint density at radius 1 is 1.29 bits per heavy atom. The van der Waals surface area contributed by atoms with E-state index >= 15 is 0 Å². The number of nitrogens with two attached hydrogens (primary N) is 1. The maximum absolute atomic E-state index is 6.18. The van der Waals surface area contributed by atoms with E-state index in [1.54, 1.807) is 7.11 Å². The van der Waals surface area contributed by atoms with Crippen LogP contribution in [0.25, 0.3) is 0 Å². The Morgan fingerprint density at radius 2 is 1.94 bits per heavy atom. The lowest BCUT2D eigenvalue weighted by atomic mass is 10.1. The highest BCUT2D eigenvalue weighted by molar-refractivity contribution is 5.29. The summed E-state index contributed by atoms with van der Waals surface area (Å²) in [5.74, 6) is 0.875. The molecule has 2 N–H and O–H groups in total. The predicted octanol–water partition coefficient (Wildman–Crippen LogP) is 2.43. The van der Waals surface area contributed by atoms with Gasteiger partial charge in [0.1, 0.15) is 5.75 Å². The first-order valence-corrected chi connectivity index (χ1v) is 6.25. The van der Waals surface area contributed by atoms with Crippen molar-refractivity contribution in [2.24, 2.45) is 5.73 Å². The molecule has 0 saturated heterocycles. The summed E-state index contributed by atoms with van der Waals surface area (Å²) in [6.07, 6.45) is 2.45. The molecule has 0 radical (unpaired) electrons. The van der Waals surface area contributed by atoms with Crippen LogP contribution in [0.3, 0.4) is 0 Å². The van der Waals surface area contributed by atoms with Crippen LogP contribution in [-0.2, 0) is 0 Å². The molecule has 3 nitrogen and oxygen atoms in total. The minimum Gasteiger partial charge on any atom is -0.497 e. The zero-order valence-corrected chi connectivity index (χ0v) is 11.1. The van der Waals surface area contributed by atoms with Crippen molar-refractivity contribution in [3.05, 3.63) is 29.8 Å². The van der Waals surface area contributed by atoms with Gasteiger partial charge < -0.3 is 15.4 Å². The highest BCUT2D eigenvalue weighted by atomic mass is 16.5. The molecule has 96 valence electrons. The lowest BCUT2D eigenvalue weighted by Gasteiger charge is -2.21. The lowest BCUT2D eigenvalue weighted by molar-refractivity contribution is 0.307. The van der Waals surface area contributed by atoms with E-state index in [1.807, 2.05) is 24.3 Å². The van der Waals surface area contributed by atoms with Crippen molar-refractivity contribution in [1.82, 2.24) is 4.90 Å². The standard InChI is InChI=1S/C14H24N2O/c1-4-5-10-16(2)11-14(15)12-6-8-13(17-3)9-7-12/h6-9,14H,4-5,10-11,15H2,1-3H3. The molecule has 0 saturated carbocycles. The van der Waals surface area contributed by atoms with Crippen LogP contribution >= 0.6 is 0 Å². The van der Waals surface area contributed by atoms with Crippen LogP contribution in [0.15, 0.2) is 24.3 Å². The molecule has 0 bridgehead atoms. The Hall–Kier alpha value is -1.06. The second-order valence-electron chi connectivity index (χ2n) is 4.50. The molecule has 17 heavy (non-hydrogen) atoms. The minimum atomic E-state index is 0.0720. The third kappa shape index (κ3) is 4.75. The number of hydrogen-bond acceptors (Lipinski definition) is 3. The van der Waals surface area contributed by atoms with E-state index in [-0.39, 0.29) is 6.04 Å². The third-order valence-electron chi connectivity index (χ3n) is 2.95.